The maximum Gasteiger partial charge on any atom is 0.271 e. The molecule has 1 saturated heterocycles. The van der Waals surface area contributed by atoms with Crippen molar-refractivity contribution in [2.24, 2.45) is 0 Å². The molecule has 0 spiro atoms. The van der Waals surface area contributed by atoms with Gasteiger partial charge in [-0.2, -0.15) is 0 Å². The number of pyridine rings is 2. The predicted molar refractivity (Wildman–Crippen MR) is 129 cm³/mol. The summed E-state index contributed by atoms with van der Waals surface area (Å²) in [6, 6.07) is 8.88. The Kier molecular flexibility index (Phi) is 5.83. The monoisotopic (exact) mass is 459 g/mol. The van der Waals surface area contributed by atoms with Crippen LogP contribution in [0.5, 0.6) is 0 Å². The van der Waals surface area contributed by atoms with Gasteiger partial charge in [-0.15, -0.1) is 0 Å². The molecule has 1 aliphatic rings. The number of rotatable bonds is 6. The Morgan fingerprint density at radius 2 is 2.00 bits per heavy atom. The average molecular weight is 460 g/mol. The first-order chi connectivity index (χ1) is 16.5. The van der Waals surface area contributed by atoms with E-state index in [4.69, 9.17) is 5.73 Å². The first-order valence-electron chi connectivity index (χ1n) is 11.3. The first-order valence-corrected chi connectivity index (χ1v) is 11.3. The first kappa shape index (κ1) is 21.8. The molecule has 8 nitrogen and oxygen atoms in total. The van der Waals surface area contributed by atoms with Gasteiger partial charge in [0.05, 0.1) is 6.54 Å². The van der Waals surface area contributed by atoms with Crippen molar-refractivity contribution in [3.8, 4) is 0 Å². The lowest BCUT2D eigenvalue weighted by Crippen LogP contribution is -2.23. The highest BCUT2D eigenvalue weighted by molar-refractivity contribution is 5.93. The number of aryl methyl sites for hydroxylation is 1. The topological polar surface area (TPSA) is 102 Å². The van der Waals surface area contributed by atoms with Gasteiger partial charge in [0.15, 0.2) is 0 Å². The fourth-order valence-electron chi connectivity index (χ4n) is 4.28. The normalized spacial score (nSPS) is 13.5. The third-order valence-electron chi connectivity index (χ3n) is 6.20. The second-order valence-electron chi connectivity index (χ2n) is 8.56. The number of nitrogen functional groups attached to an aromatic ring is 1. The Balaban J connectivity index is 1.25. The largest absolute Gasteiger partial charge is 0.383 e. The summed E-state index contributed by atoms with van der Waals surface area (Å²) in [5.41, 5.74) is 7.50. The number of anilines is 2. The number of nitrogens with two attached hydrogens (primary N) is 1. The number of hydrogen-bond acceptors (Lipinski definition) is 6. The molecular weight excluding hydrogens is 433 g/mol. The van der Waals surface area contributed by atoms with E-state index in [1.807, 2.05) is 23.8 Å². The van der Waals surface area contributed by atoms with E-state index >= 15 is 0 Å². The van der Waals surface area contributed by atoms with E-state index in [0.717, 1.165) is 29.9 Å². The Morgan fingerprint density at radius 1 is 1.18 bits per heavy atom. The minimum absolute atomic E-state index is 0.0383. The van der Waals surface area contributed by atoms with Gasteiger partial charge in [0.2, 0.25) is 0 Å². The number of nitrogens with one attached hydrogen (secondary N) is 1. The summed E-state index contributed by atoms with van der Waals surface area (Å²) in [7, 11) is 0. The third-order valence-corrected chi connectivity index (χ3v) is 6.20. The summed E-state index contributed by atoms with van der Waals surface area (Å²) in [6.45, 7) is 4.56. The number of hydrogen-bond donors (Lipinski definition) is 2. The molecule has 3 aromatic heterocycles. The number of fused-ring (bicyclic) bond motifs is 1. The maximum absolute atomic E-state index is 14.5. The Bertz CT molecular complexity index is 1340. The lowest BCUT2D eigenvalue weighted by Gasteiger charge is -2.16. The number of amides is 1. The second-order valence-corrected chi connectivity index (χ2v) is 8.56. The molecule has 4 aromatic rings. The standard InChI is InChI=1S/C25H26FN7O/c1-16-31-22(15-33(16)14-17-4-5-23(29-12-17)32-8-2-3-9-32)25(34)30-13-19-10-18-6-7-28-24(27)20(18)11-21(19)26/h4-7,10-12,15H,2-3,8-9,13-14H2,1H3,(H2,27,28)(H,30,34). The van der Waals surface area contributed by atoms with Crippen LogP contribution in [0.4, 0.5) is 16.0 Å². The van der Waals surface area contributed by atoms with Crippen LogP contribution in [0, 0.1) is 12.7 Å². The Hall–Kier alpha value is -4.01. The number of carbonyl (C=O) groups excluding carboxylic acids is 1. The van der Waals surface area contributed by atoms with Crippen LogP contribution in [-0.4, -0.2) is 38.5 Å². The molecule has 0 radical (unpaired) electrons. The smallest absolute Gasteiger partial charge is 0.271 e. The minimum Gasteiger partial charge on any atom is -0.383 e. The number of imidazole rings is 1. The minimum atomic E-state index is -0.445. The summed E-state index contributed by atoms with van der Waals surface area (Å²) in [6.07, 6.45) is 7.58. The third kappa shape index (κ3) is 4.41. The number of carbonyl (C=O) groups is 1. The van der Waals surface area contributed by atoms with Crippen molar-refractivity contribution >= 4 is 28.3 Å². The van der Waals surface area contributed by atoms with Crippen LogP contribution in [0.3, 0.4) is 0 Å². The molecule has 1 aromatic carbocycles. The van der Waals surface area contributed by atoms with Crippen molar-refractivity contribution in [1.82, 2.24) is 24.8 Å². The van der Waals surface area contributed by atoms with Crippen LogP contribution in [0.15, 0.2) is 48.9 Å². The van der Waals surface area contributed by atoms with Crippen LogP contribution in [0.2, 0.25) is 0 Å². The molecular formula is C25H26FN7O. The SMILES string of the molecule is Cc1nc(C(=O)NCc2cc3ccnc(N)c3cc2F)cn1Cc1ccc(N2CCCC2)nc1. The van der Waals surface area contributed by atoms with Crippen LogP contribution < -0.4 is 16.0 Å². The van der Waals surface area contributed by atoms with Gasteiger partial charge >= 0.3 is 0 Å². The van der Waals surface area contributed by atoms with E-state index in [1.165, 1.54) is 18.9 Å². The molecule has 5 rings (SSSR count). The van der Waals surface area contributed by atoms with Crippen LogP contribution >= 0.6 is 0 Å². The van der Waals surface area contributed by atoms with Crippen LogP contribution in [0.1, 0.15) is 40.3 Å². The van der Waals surface area contributed by atoms with Gasteiger partial charge in [0.25, 0.3) is 5.91 Å². The molecule has 3 N–H and O–H groups in total. The molecule has 0 unspecified atom stereocenters. The quantitative estimate of drug-likeness (QED) is 0.458. The van der Waals surface area contributed by atoms with Gasteiger partial charge < -0.3 is 20.5 Å². The van der Waals surface area contributed by atoms with Gasteiger partial charge in [-0.05, 0) is 55.0 Å². The van der Waals surface area contributed by atoms with Crippen molar-refractivity contribution in [3.05, 3.63) is 77.4 Å². The molecule has 4 heterocycles. The molecule has 0 saturated carbocycles. The Labute approximate surface area is 196 Å². The zero-order valence-corrected chi connectivity index (χ0v) is 19.0. The summed E-state index contributed by atoms with van der Waals surface area (Å²) in [4.78, 5) is 27.9. The number of benzene rings is 1. The van der Waals surface area contributed by atoms with Gasteiger partial charge in [-0.25, -0.2) is 19.3 Å². The molecule has 174 valence electrons. The summed E-state index contributed by atoms with van der Waals surface area (Å²) < 4.78 is 16.4. The highest BCUT2D eigenvalue weighted by Crippen LogP contribution is 2.23. The van der Waals surface area contributed by atoms with Crippen molar-refractivity contribution in [2.75, 3.05) is 23.7 Å². The fraction of sp³-hybridized carbons (Fsp3) is 0.280. The van der Waals surface area contributed by atoms with Crippen LogP contribution in [0.25, 0.3) is 10.8 Å². The molecule has 1 amide bonds. The van der Waals surface area contributed by atoms with E-state index in [9.17, 15) is 9.18 Å². The zero-order valence-electron chi connectivity index (χ0n) is 19.0. The molecule has 0 bridgehead atoms. The Morgan fingerprint density at radius 3 is 2.76 bits per heavy atom. The van der Waals surface area contributed by atoms with Crippen molar-refractivity contribution in [1.29, 1.82) is 0 Å². The second kappa shape index (κ2) is 9.09. The zero-order chi connectivity index (χ0) is 23.7. The van der Waals surface area contributed by atoms with Gasteiger partial charge in [0, 0.05) is 49.2 Å². The van der Waals surface area contributed by atoms with Gasteiger partial charge in [-0.3, -0.25) is 4.79 Å². The van der Waals surface area contributed by atoms with Crippen molar-refractivity contribution in [3.63, 3.8) is 0 Å². The van der Waals surface area contributed by atoms with E-state index in [0.29, 0.717) is 23.3 Å². The molecule has 34 heavy (non-hydrogen) atoms. The molecule has 0 atom stereocenters. The highest BCUT2D eigenvalue weighted by Gasteiger charge is 2.16. The average Bonchev–Trinajstić information content (AvgIpc) is 3.49. The molecule has 1 fully saturated rings. The summed E-state index contributed by atoms with van der Waals surface area (Å²) >= 11 is 0. The summed E-state index contributed by atoms with van der Waals surface area (Å²) in [5.74, 6) is 1.18. The van der Waals surface area contributed by atoms with Crippen molar-refractivity contribution < 1.29 is 9.18 Å². The molecule has 1 aliphatic heterocycles. The van der Waals surface area contributed by atoms with Gasteiger partial charge in [0.1, 0.15) is 29.0 Å². The lowest BCUT2D eigenvalue weighted by atomic mass is 10.1. The van der Waals surface area contributed by atoms with E-state index in [-0.39, 0.29) is 24.0 Å². The highest BCUT2D eigenvalue weighted by atomic mass is 19.1. The molecule has 0 aliphatic carbocycles. The lowest BCUT2D eigenvalue weighted by molar-refractivity contribution is 0.0946. The van der Waals surface area contributed by atoms with E-state index in [1.54, 1.807) is 24.5 Å². The number of halogens is 1. The number of aromatic nitrogens is 4. The number of nitrogens with zero attached hydrogens (tertiary/aromatic N) is 5. The summed E-state index contributed by atoms with van der Waals surface area (Å²) in [5, 5.41) is 4.07. The van der Waals surface area contributed by atoms with E-state index in [2.05, 4.69) is 31.2 Å². The molecule has 9 heteroatoms. The maximum atomic E-state index is 14.5. The fourth-order valence-corrected chi connectivity index (χ4v) is 4.28. The van der Waals surface area contributed by atoms with Crippen molar-refractivity contribution in [2.45, 2.75) is 32.9 Å². The van der Waals surface area contributed by atoms with Crippen LogP contribution in [-0.2, 0) is 13.1 Å². The predicted octanol–water partition coefficient (Wildman–Crippen LogP) is 3.43. The van der Waals surface area contributed by atoms with E-state index < -0.39 is 5.82 Å². The van der Waals surface area contributed by atoms with Gasteiger partial charge in [-0.1, -0.05) is 6.07 Å².